The number of nitrogens with one attached hydrogen (secondary N) is 1. The Kier molecular flexibility index (Phi) is 1.80. The number of phenols is 1. The average Bonchev–Trinajstić information content (AvgIpc) is 2.42. The van der Waals surface area contributed by atoms with Crippen molar-refractivity contribution in [2.45, 2.75) is 6.92 Å². The summed E-state index contributed by atoms with van der Waals surface area (Å²) in [7, 11) is 0. The van der Waals surface area contributed by atoms with Gasteiger partial charge in [0.15, 0.2) is 11.6 Å². The lowest BCUT2D eigenvalue weighted by molar-refractivity contribution is 0.433. The summed E-state index contributed by atoms with van der Waals surface area (Å²) in [4.78, 5) is 2.99. The van der Waals surface area contributed by atoms with E-state index in [1.165, 1.54) is 0 Å². The minimum atomic E-state index is -0.589. The molecular formula is C9H7BrFNO. The van der Waals surface area contributed by atoms with Crippen LogP contribution in [0.4, 0.5) is 4.39 Å². The molecule has 0 bridgehead atoms. The zero-order valence-electron chi connectivity index (χ0n) is 6.86. The Balaban J connectivity index is 2.92. The molecule has 2 rings (SSSR count). The number of aromatic nitrogens is 1. The second-order valence-electron chi connectivity index (χ2n) is 2.93. The fraction of sp³-hybridized carbons (Fsp3) is 0.111. The van der Waals surface area contributed by atoms with Gasteiger partial charge in [-0.25, -0.2) is 4.39 Å². The largest absolute Gasteiger partial charge is 0.504 e. The Morgan fingerprint density at radius 2 is 2.15 bits per heavy atom. The second kappa shape index (κ2) is 2.73. The van der Waals surface area contributed by atoms with Crippen LogP contribution >= 0.6 is 15.9 Å². The van der Waals surface area contributed by atoms with Gasteiger partial charge in [0, 0.05) is 16.6 Å². The van der Waals surface area contributed by atoms with Crippen LogP contribution in [-0.2, 0) is 0 Å². The molecule has 1 heterocycles. The van der Waals surface area contributed by atoms with Gasteiger partial charge in [0.05, 0.1) is 4.47 Å². The van der Waals surface area contributed by atoms with Gasteiger partial charge in [0.2, 0.25) is 0 Å². The maximum absolute atomic E-state index is 13.4. The van der Waals surface area contributed by atoms with Gasteiger partial charge in [-0.15, -0.1) is 0 Å². The van der Waals surface area contributed by atoms with Crippen LogP contribution in [-0.4, -0.2) is 10.1 Å². The minimum absolute atomic E-state index is 0.341. The zero-order chi connectivity index (χ0) is 9.59. The SMILES string of the molecule is Cc1cc2c(F)c(O)c(Br)cc2[nH]1. The average molecular weight is 244 g/mol. The highest BCUT2D eigenvalue weighted by atomic mass is 79.9. The van der Waals surface area contributed by atoms with E-state index in [-0.39, 0.29) is 5.75 Å². The van der Waals surface area contributed by atoms with E-state index in [9.17, 15) is 9.50 Å². The Bertz CT molecular complexity index is 478. The molecule has 2 aromatic rings. The standard InChI is InChI=1S/C9H7BrFNO/c1-4-2-5-7(12-4)3-6(10)9(13)8(5)11/h2-3,12-13H,1H3. The van der Waals surface area contributed by atoms with Crippen molar-refractivity contribution in [3.05, 3.63) is 28.1 Å². The van der Waals surface area contributed by atoms with Gasteiger partial charge in [-0.05, 0) is 35.0 Å². The minimum Gasteiger partial charge on any atom is -0.504 e. The van der Waals surface area contributed by atoms with Crippen molar-refractivity contribution in [3.8, 4) is 5.75 Å². The van der Waals surface area contributed by atoms with E-state index < -0.39 is 5.82 Å². The van der Waals surface area contributed by atoms with E-state index in [0.717, 1.165) is 5.69 Å². The summed E-state index contributed by atoms with van der Waals surface area (Å²) < 4.78 is 13.7. The molecule has 0 amide bonds. The van der Waals surface area contributed by atoms with E-state index in [2.05, 4.69) is 20.9 Å². The van der Waals surface area contributed by atoms with Gasteiger partial charge < -0.3 is 10.1 Å². The van der Waals surface area contributed by atoms with Crippen LogP contribution in [0.3, 0.4) is 0 Å². The number of halogens is 2. The normalized spacial score (nSPS) is 11.0. The van der Waals surface area contributed by atoms with E-state index in [1.54, 1.807) is 12.1 Å². The van der Waals surface area contributed by atoms with E-state index >= 15 is 0 Å². The van der Waals surface area contributed by atoms with Gasteiger partial charge in [-0.2, -0.15) is 0 Å². The Morgan fingerprint density at radius 3 is 2.85 bits per heavy atom. The summed E-state index contributed by atoms with van der Waals surface area (Å²) in [5.41, 5.74) is 1.55. The van der Waals surface area contributed by atoms with E-state index in [0.29, 0.717) is 15.4 Å². The monoisotopic (exact) mass is 243 g/mol. The third-order valence-electron chi connectivity index (χ3n) is 1.92. The summed E-state index contributed by atoms with van der Waals surface area (Å²) in [5.74, 6) is -0.930. The number of rotatable bonds is 0. The van der Waals surface area contributed by atoms with Gasteiger partial charge in [0.1, 0.15) is 0 Å². The summed E-state index contributed by atoms with van der Waals surface area (Å²) in [6.07, 6.45) is 0. The first-order valence-electron chi connectivity index (χ1n) is 3.76. The highest BCUT2D eigenvalue weighted by molar-refractivity contribution is 9.10. The molecule has 0 unspecified atom stereocenters. The lowest BCUT2D eigenvalue weighted by atomic mass is 10.2. The molecule has 4 heteroatoms. The molecule has 68 valence electrons. The van der Waals surface area contributed by atoms with Crippen molar-refractivity contribution in [2.75, 3.05) is 0 Å². The van der Waals surface area contributed by atoms with Crippen molar-refractivity contribution >= 4 is 26.8 Å². The first kappa shape index (κ1) is 8.56. The summed E-state index contributed by atoms with van der Waals surface area (Å²) in [6.45, 7) is 1.84. The molecule has 0 saturated heterocycles. The van der Waals surface area contributed by atoms with Crippen LogP contribution in [0.25, 0.3) is 10.9 Å². The molecule has 0 aliphatic carbocycles. The third-order valence-corrected chi connectivity index (χ3v) is 2.53. The van der Waals surface area contributed by atoms with Crippen LogP contribution in [0.15, 0.2) is 16.6 Å². The third kappa shape index (κ3) is 1.21. The van der Waals surface area contributed by atoms with Crippen LogP contribution in [0.5, 0.6) is 5.75 Å². The summed E-state index contributed by atoms with van der Waals surface area (Å²) in [6, 6.07) is 3.32. The number of hydrogen-bond donors (Lipinski definition) is 2. The molecule has 0 spiro atoms. The number of H-pyrrole nitrogens is 1. The highest BCUT2D eigenvalue weighted by Crippen LogP contribution is 2.33. The molecule has 0 radical (unpaired) electrons. The predicted octanol–water partition coefficient (Wildman–Crippen LogP) is 3.08. The smallest absolute Gasteiger partial charge is 0.175 e. The Labute approximate surface area is 82.5 Å². The molecule has 0 aliphatic heterocycles. The van der Waals surface area contributed by atoms with Gasteiger partial charge in [-0.3, -0.25) is 0 Å². The molecule has 13 heavy (non-hydrogen) atoms. The van der Waals surface area contributed by atoms with Crippen molar-refractivity contribution in [1.29, 1.82) is 0 Å². The number of hydrogen-bond acceptors (Lipinski definition) is 1. The number of aromatic hydroxyl groups is 1. The lowest BCUT2D eigenvalue weighted by Gasteiger charge is -1.99. The maximum atomic E-state index is 13.4. The Morgan fingerprint density at radius 1 is 1.46 bits per heavy atom. The van der Waals surface area contributed by atoms with Crippen molar-refractivity contribution in [3.63, 3.8) is 0 Å². The molecule has 0 fully saturated rings. The van der Waals surface area contributed by atoms with Gasteiger partial charge >= 0.3 is 0 Å². The number of benzene rings is 1. The zero-order valence-corrected chi connectivity index (χ0v) is 8.44. The Hall–Kier alpha value is -1.03. The summed E-state index contributed by atoms with van der Waals surface area (Å²) >= 11 is 3.07. The molecule has 2 nitrogen and oxygen atoms in total. The molecule has 1 aromatic heterocycles. The fourth-order valence-electron chi connectivity index (χ4n) is 1.33. The molecule has 0 aliphatic rings. The van der Waals surface area contributed by atoms with Crippen LogP contribution in [0.2, 0.25) is 0 Å². The number of aryl methyl sites for hydroxylation is 1. The van der Waals surface area contributed by atoms with Crippen LogP contribution in [0.1, 0.15) is 5.69 Å². The molecule has 0 saturated carbocycles. The topological polar surface area (TPSA) is 36.0 Å². The quantitative estimate of drug-likeness (QED) is 0.733. The highest BCUT2D eigenvalue weighted by Gasteiger charge is 2.11. The lowest BCUT2D eigenvalue weighted by Crippen LogP contribution is -1.79. The second-order valence-corrected chi connectivity index (χ2v) is 3.79. The van der Waals surface area contributed by atoms with Crippen LogP contribution in [0, 0.1) is 12.7 Å². The van der Waals surface area contributed by atoms with E-state index in [4.69, 9.17) is 0 Å². The van der Waals surface area contributed by atoms with Crippen LogP contribution < -0.4 is 0 Å². The molecular weight excluding hydrogens is 237 g/mol. The summed E-state index contributed by atoms with van der Waals surface area (Å²) in [5, 5.41) is 9.69. The molecule has 2 N–H and O–H groups in total. The predicted molar refractivity (Wildman–Crippen MR) is 52.4 cm³/mol. The number of phenolic OH excluding ortho intramolecular Hbond substituents is 1. The molecule has 0 atom stereocenters. The van der Waals surface area contributed by atoms with Gasteiger partial charge in [-0.1, -0.05) is 0 Å². The van der Waals surface area contributed by atoms with E-state index in [1.807, 2.05) is 6.92 Å². The first-order valence-corrected chi connectivity index (χ1v) is 4.55. The number of aromatic amines is 1. The number of fused-ring (bicyclic) bond motifs is 1. The van der Waals surface area contributed by atoms with Crippen molar-refractivity contribution in [1.82, 2.24) is 4.98 Å². The van der Waals surface area contributed by atoms with Crippen molar-refractivity contribution < 1.29 is 9.50 Å². The molecule has 1 aromatic carbocycles. The first-order chi connectivity index (χ1) is 6.09. The van der Waals surface area contributed by atoms with Gasteiger partial charge in [0.25, 0.3) is 0 Å². The maximum Gasteiger partial charge on any atom is 0.175 e. The van der Waals surface area contributed by atoms with Crippen molar-refractivity contribution in [2.24, 2.45) is 0 Å². The fourth-order valence-corrected chi connectivity index (χ4v) is 1.74.